The van der Waals surface area contributed by atoms with Gasteiger partial charge in [-0.1, -0.05) is 65.0 Å². The molecule has 1 unspecified atom stereocenters. The zero-order valence-corrected chi connectivity index (χ0v) is 14.5. The molecule has 130 valence electrons. The number of benzene rings is 1. The van der Waals surface area contributed by atoms with Gasteiger partial charge in [0.1, 0.15) is 12.6 Å². The summed E-state index contributed by atoms with van der Waals surface area (Å²) in [5.41, 5.74) is 5.37. The molecule has 0 bridgehead atoms. The van der Waals surface area contributed by atoms with Crippen molar-refractivity contribution in [1.82, 2.24) is 5.32 Å². The fraction of sp³-hybridized carbons (Fsp3) is 0.529. The van der Waals surface area contributed by atoms with Gasteiger partial charge in [0.2, 0.25) is 0 Å². The lowest BCUT2D eigenvalue weighted by Crippen LogP contribution is -2.49. The SMILES string of the molecule is CC(C)(C)C(NC(=O)OCc1ccccc1)C(=O)O.CC(C)N. The molecule has 0 saturated heterocycles. The molecular formula is C17H28N2O4. The fourth-order valence-corrected chi connectivity index (χ4v) is 1.53. The zero-order chi connectivity index (χ0) is 18.0. The van der Waals surface area contributed by atoms with Crippen molar-refractivity contribution in [3.63, 3.8) is 0 Å². The van der Waals surface area contributed by atoms with Crippen molar-refractivity contribution < 1.29 is 19.4 Å². The minimum absolute atomic E-state index is 0.114. The van der Waals surface area contributed by atoms with Crippen molar-refractivity contribution in [3.8, 4) is 0 Å². The second-order valence-electron chi connectivity index (χ2n) is 6.59. The van der Waals surface area contributed by atoms with E-state index in [1.165, 1.54) is 0 Å². The Morgan fingerprint density at radius 3 is 2.09 bits per heavy atom. The minimum atomic E-state index is -1.08. The number of nitrogens with one attached hydrogen (secondary N) is 1. The van der Waals surface area contributed by atoms with E-state index in [4.69, 9.17) is 15.6 Å². The monoisotopic (exact) mass is 324 g/mol. The summed E-state index contributed by atoms with van der Waals surface area (Å²) in [4.78, 5) is 22.7. The molecular weight excluding hydrogens is 296 g/mol. The topological polar surface area (TPSA) is 102 Å². The molecule has 0 aliphatic heterocycles. The number of alkyl carbamates (subject to hydrolysis) is 1. The number of ether oxygens (including phenoxy) is 1. The van der Waals surface area contributed by atoms with Crippen LogP contribution >= 0.6 is 0 Å². The Bertz CT molecular complexity index is 478. The van der Waals surface area contributed by atoms with Crippen LogP contribution in [0.15, 0.2) is 30.3 Å². The molecule has 1 rings (SSSR count). The standard InChI is InChI=1S/C14H19NO4.C3H9N/c1-14(2,3)11(12(16)17)15-13(18)19-9-10-7-5-4-6-8-10;1-3(2)4/h4-8,11H,9H2,1-3H3,(H,15,18)(H,16,17);3H,4H2,1-2H3. The molecule has 0 aliphatic rings. The van der Waals surface area contributed by atoms with Crippen molar-refractivity contribution in [1.29, 1.82) is 0 Å². The summed E-state index contributed by atoms with van der Waals surface area (Å²) in [7, 11) is 0. The first-order valence-corrected chi connectivity index (χ1v) is 7.49. The molecule has 0 fully saturated rings. The summed E-state index contributed by atoms with van der Waals surface area (Å²) in [6.45, 7) is 9.22. The Labute approximate surface area is 138 Å². The summed E-state index contributed by atoms with van der Waals surface area (Å²) in [5, 5.41) is 11.4. The minimum Gasteiger partial charge on any atom is -0.480 e. The highest BCUT2D eigenvalue weighted by atomic mass is 16.5. The summed E-state index contributed by atoms with van der Waals surface area (Å²) in [6, 6.07) is 8.54. The molecule has 1 aromatic rings. The lowest BCUT2D eigenvalue weighted by molar-refractivity contribution is -0.142. The Hall–Kier alpha value is -2.08. The van der Waals surface area contributed by atoms with Crippen molar-refractivity contribution in [2.24, 2.45) is 11.1 Å². The third-order valence-electron chi connectivity index (χ3n) is 2.59. The molecule has 0 aliphatic carbocycles. The van der Waals surface area contributed by atoms with Crippen LogP contribution in [0, 0.1) is 5.41 Å². The first-order chi connectivity index (χ1) is 10.5. The van der Waals surface area contributed by atoms with Gasteiger partial charge < -0.3 is 20.9 Å². The molecule has 0 radical (unpaired) electrons. The molecule has 6 heteroatoms. The number of hydrogen-bond donors (Lipinski definition) is 3. The van der Waals surface area contributed by atoms with E-state index in [-0.39, 0.29) is 6.61 Å². The van der Waals surface area contributed by atoms with Crippen molar-refractivity contribution in [2.75, 3.05) is 0 Å². The number of nitrogens with two attached hydrogens (primary N) is 1. The highest BCUT2D eigenvalue weighted by Crippen LogP contribution is 2.19. The van der Waals surface area contributed by atoms with Gasteiger partial charge in [-0.15, -0.1) is 0 Å². The van der Waals surface area contributed by atoms with E-state index in [0.717, 1.165) is 5.56 Å². The Morgan fingerprint density at radius 1 is 1.22 bits per heavy atom. The zero-order valence-electron chi connectivity index (χ0n) is 14.5. The maximum atomic E-state index is 11.6. The molecule has 1 atom stereocenters. The highest BCUT2D eigenvalue weighted by molar-refractivity contribution is 5.80. The van der Waals surface area contributed by atoms with Crippen LogP contribution < -0.4 is 11.1 Å². The van der Waals surface area contributed by atoms with E-state index in [2.05, 4.69) is 5.32 Å². The molecule has 1 amide bonds. The molecule has 0 aromatic heterocycles. The van der Waals surface area contributed by atoms with E-state index in [1.54, 1.807) is 20.8 Å². The van der Waals surface area contributed by atoms with Crippen LogP contribution in [0.4, 0.5) is 4.79 Å². The van der Waals surface area contributed by atoms with Crippen LogP contribution in [0.25, 0.3) is 0 Å². The average Bonchev–Trinajstić information content (AvgIpc) is 2.41. The Morgan fingerprint density at radius 2 is 1.70 bits per heavy atom. The van der Waals surface area contributed by atoms with E-state index in [1.807, 2.05) is 44.2 Å². The van der Waals surface area contributed by atoms with Crippen molar-refractivity contribution >= 4 is 12.1 Å². The first-order valence-electron chi connectivity index (χ1n) is 7.49. The van der Waals surface area contributed by atoms with Crippen LogP contribution in [0.3, 0.4) is 0 Å². The molecule has 6 nitrogen and oxygen atoms in total. The van der Waals surface area contributed by atoms with E-state index in [0.29, 0.717) is 6.04 Å². The predicted octanol–water partition coefficient (Wildman–Crippen LogP) is 2.77. The first kappa shape index (κ1) is 20.9. The summed E-state index contributed by atoms with van der Waals surface area (Å²) < 4.78 is 4.99. The van der Waals surface area contributed by atoms with Crippen molar-refractivity contribution in [3.05, 3.63) is 35.9 Å². The Kier molecular flexibility index (Phi) is 8.95. The lowest BCUT2D eigenvalue weighted by atomic mass is 9.87. The van der Waals surface area contributed by atoms with E-state index < -0.39 is 23.5 Å². The van der Waals surface area contributed by atoms with Gasteiger partial charge >= 0.3 is 12.1 Å². The highest BCUT2D eigenvalue weighted by Gasteiger charge is 2.33. The third-order valence-corrected chi connectivity index (χ3v) is 2.59. The third kappa shape index (κ3) is 10.3. The van der Waals surface area contributed by atoms with Crippen LogP contribution in [-0.2, 0) is 16.1 Å². The van der Waals surface area contributed by atoms with Gasteiger partial charge in [0.05, 0.1) is 0 Å². The number of rotatable bonds is 4. The van der Waals surface area contributed by atoms with Gasteiger partial charge in [-0.05, 0) is 17.0 Å². The number of aliphatic carboxylic acids is 1. The van der Waals surface area contributed by atoms with E-state index in [9.17, 15) is 9.59 Å². The molecule has 0 spiro atoms. The van der Waals surface area contributed by atoms with E-state index >= 15 is 0 Å². The van der Waals surface area contributed by atoms with Gasteiger partial charge in [-0.3, -0.25) is 0 Å². The van der Waals surface area contributed by atoms with Gasteiger partial charge in [-0.2, -0.15) is 0 Å². The number of carbonyl (C=O) groups is 2. The van der Waals surface area contributed by atoms with Gasteiger partial charge in [0, 0.05) is 0 Å². The van der Waals surface area contributed by atoms with Crippen LogP contribution in [0.5, 0.6) is 0 Å². The maximum Gasteiger partial charge on any atom is 0.408 e. The number of carboxylic acids is 1. The number of carboxylic acid groups (broad SMARTS) is 1. The molecule has 0 heterocycles. The molecule has 0 saturated carbocycles. The van der Waals surface area contributed by atoms with Gasteiger partial charge in [0.25, 0.3) is 0 Å². The second-order valence-corrected chi connectivity index (χ2v) is 6.59. The second kappa shape index (κ2) is 9.84. The van der Waals surface area contributed by atoms with Crippen LogP contribution in [-0.4, -0.2) is 29.3 Å². The molecule has 4 N–H and O–H groups in total. The lowest BCUT2D eigenvalue weighted by Gasteiger charge is -2.27. The number of amides is 1. The fourth-order valence-electron chi connectivity index (χ4n) is 1.53. The molecule has 1 aromatic carbocycles. The number of carbonyl (C=O) groups excluding carboxylic acids is 1. The van der Waals surface area contributed by atoms with Crippen LogP contribution in [0.2, 0.25) is 0 Å². The normalized spacial score (nSPS) is 12.0. The quantitative estimate of drug-likeness (QED) is 0.790. The Balaban J connectivity index is 0.00000108. The summed E-state index contributed by atoms with van der Waals surface area (Å²) in [6.07, 6.45) is -0.730. The maximum absolute atomic E-state index is 11.6. The van der Waals surface area contributed by atoms with Crippen molar-refractivity contribution in [2.45, 2.75) is 53.3 Å². The van der Waals surface area contributed by atoms with Gasteiger partial charge in [-0.25, -0.2) is 9.59 Å². The van der Waals surface area contributed by atoms with Crippen LogP contribution in [0.1, 0.15) is 40.2 Å². The predicted molar refractivity (Wildman–Crippen MR) is 90.0 cm³/mol. The summed E-state index contributed by atoms with van der Waals surface area (Å²) >= 11 is 0. The molecule has 23 heavy (non-hydrogen) atoms. The number of hydrogen-bond acceptors (Lipinski definition) is 4. The summed E-state index contributed by atoms with van der Waals surface area (Å²) in [5.74, 6) is -1.08. The average molecular weight is 324 g/mol. The largest absolute Gasteiger partial charge is 0.480 e. The smallest absolute Gasteiger partial charge is 0.408 e. The van der Waals surface area contributed by atoms with Gasteiger partial charge in [0.15, 0.2) is 0 Å².